The Morgan fingerprint density at radius 1 is 0.677 bits per heavy atom. The summed E-state index contributed by atoms with van der Waals surface area (Å²) in [5.41, 5.74) is 0. The van der Waals surface area contributed by atoms with Gasteiger partial charge >= 0.3 is 0 Å². The highest BCUT2D eigenvalue weighted by atomic mass is 19.1. The summed E-state index contributed by atoms with van der Waals surface area (Å²) in [5.74, 6) is 4.72. The minimum absolute atomic E-state index is 0.376. The summed E-state index contributed by atoms with van der Waals surface area (Å²) in [6, 6.07) is 2.29. The van der Waals surface area contributed by atoms with Gasteiger partial charge in [0.25, 0.3) is 0 Å². The van der Waals surface area contributed by atoms with Crippen molar-refractivity contribution < 1.29 is 4.39 Å². The lowest BCUT2D eigenvalue weighted by Gasteiger charge is -2.34. The molecule has 0 amide bonds. The molecule has 0 aromatic heterocycles. The molecule has 1 unspecified atom stereocenters. The predicted molar refractivity (Wildman–Crippen MR) is 129 cm³/mol. The summed E-state index contributed by atoms with van der Waals surface area (Å²) in [5, 5.41) is 8.71. The van der Waals surface area contributed by atoms with E-state index in [4.69, 9.17) is 5.26 Å². The van der Waals surface area contributed by atoms with Gasteiger partial charge in [-0.1, -0.05) is 96.8 Å². The van der Waals surface area contributed by atoms with Crippen LogP contribution in [0, 0.1) is 46.8 Å². The van der Waals surface area contributed by atoms with Gasteiger partial charge < -0.3 is 0 Å². The fraction of sp³-hybridized carbons (Fsp3) is 0.966. The van der Waals surface area contributed by atoms with E-state index in [1.807, 2.05) is 0 Å². The SMILES string of the molecule is CCCC1CCC(C(F)CC2CCC(CCC3CCC(CCCC#N)CC3)CC2)CC1. The molecule has 0 radical (unpaired) electrons. The fourth-order valence-electron chi connectivity index (χ4n) is 7.26. The van der Waals surface area contributed by atoms with Gasteiger partial charge in [0.15, 0.2) is 0 Å². The largest absolute Gasteiger partial charge is 0.247 e. The van der Waals surface area contributed by atoms with E-state index in [0.717, 1.165) is 55.8 Å². The number of nitrogens with zero attached hydrogens (tertiary/aromatic N) is 1. The third-order valence-electron chi connectivity index (χ3n) is 9.48. The van der Waals surface area contributed by atoms with Crippen molar-refractivity contribution in [2.75, 3.05) is 0 Å². The first-order valence-corrected chi connectivity index (χ1v) is 14.2. The van der Waals surface area contributed by atoms with Crippen LogP contribution in [0.1, 0.15) is 135 Å². The summed E-state index contributed by atoms with van der Waals surface area (Å²) in [4.78, 5) is 0. The van der Waals surface area contributed by atoms with Gasteiger partial charge in [-0.05, 0) is 67.6 Å². The van der Waals surface area contributed by atoms with E-state index in [2.05, 4.69) is 13.0 Å². The quantitative estimate of drug-likeness (QED) is 0.299. The molecule has 1 nitrogen and oxygen atoms in total. The number of halogens is 1. The molecule has 2 heteroatoms. The number of hydrogen-bond donors (Lipinski definition) is 0. The lowest BCUT2D eigenvalue weighted by molar-refractivity contribution is 0.112. The van der Waals surface area contributed by atoms with Crippen LogP contribution in [-0.4, -0.2) is 6.17 Å². The van der Waals surface area contributed by atoms with Gasteiger partial charge in [0.2, 0.25) is 0 Å². The number of rotatable bonds is 11. The van der Waals surface area contributed by atoms with E-state index < -0.39 is 6.17 Å². The summed E-state index contributed by atoms with van der Waals surface area (Å²) < 4.78 is 15.0. The Hall–Kier alpha value is -0.580. The second-order valence-corrected chi connectivity index (χ2v) is 11.7. The summed E-state index contributed by atoms with van der Waals surface area (Å²) in [7, 11) is 0. The molecule has 0 saturated heterocycles. The second kappa shape index (κ2) is 13.9. The molecule has 0 spiro atoms. The Balaban J connectivity index is 1.24. The van der Waals surface area contributed by atoms with Gasteiger partial charge in [0.1, 0.15) is 6.17 Å². The first kappa shape index (κ1) is 25.1. The molecule has 178 valence electrons. The topological polar surface area (TPSA) is 23.8 Å². The van der Waals surface area contributed by atoms with Crippen molar-refractivity contribution in [1.82, 2.24) is 0 Å². The monoisotopic (exact) mass is 431 g/mol. The van der Waals surface area contributed by atoms with Gasteiger partial charge in [-0.3, -0.25) is 0 Å². The Morgan fingerprint density at radius 3 is 1.65 bits per heavy atom. The zero-order valence-corrected chi connectivity index (χ0v) is 20.5. The smallest absolute Gasteiger partial charge is 0.103 e. The first-order chi connectivity index (χ1) is 15.2. The van der Waals surface area contributed by atoms with Gasteiger partial charge in [-0.2, -0.15) is 5.26 Å². The molecule has 1 atom stereocenters. The van der Waals surface area contributed by atoms with Crippen LogP contribution in [0.15, 0.2) is 0 Å². The third-order valence-corrected chi connectivity index (χ3v) is 9.48. The van der Waals surface area contributed by atoms with E-state index >= 15 is 0 Å². The highest BCUT2D eigenvalue weighted by Crippen LogP contribution is 2.41. The molecule has 0 N–H and O–H groups in total. The van der Waals surface area contributed by atoms with Crippen LogP contribution in [0.2, 0.25) is 0 Å². The van der Waals surface area contributed by atoms with Crippen molar-refractivity contribution in [2.45, 2.75) is 142 Å². The van der Waals surface area contributed by atoms with Gasteiger partial charge in [-0.15, -0.1) is 0 Å². The molecule has 0 aromatic rings. The lowest BCUT2D eigenvalue weighted by atomic mass is 9.72. The van der Waals surface area contributed by atoms with Crippen molar-refractivity contribution in [1.29, 1.82) is 5.26 Å². The van der Waals surface area contributed by atoms with E-state index in [9.17, 15) is 4.39 Å². The van der Waals surface area contributed by atoms with E-state index in [1.54, 1.807) is 0 Å². The summed E-state index contributed by atoms with van der Waals surface area (Å²) in [6.07, 6.45) is 24.8. The normalized spacial score (nSPS) is 35.4. The molecule has 3 saturated carbocycles. The van der Waals surface area contributed by atoms with Crippen molar-refractivity contribution in [3.8, 4) is 6.07 Å². The fourth-order valence-corrected chi connectivity index (χ4v) is 7.26. The standard InChI is InChI=1S/C29H50FN/c1-2-5-23-17-19-28(20-18-23)29(30)22-27-15-13-26(14-16-27)12-11-25-9-7-24(8-10-25)6-3-4-21-31/h23-29H,2-20,22H2,1H3. The highest BCUT2D eigenvalue weighted by molar-refractivity contribution is 4.82. The van der Waals surface area contributed by atoms with Crippen LogP contribution in [0.25, 0.3) is 0 Å². The molecule has 3 aliphatic rings. The highest BCUT2D eigenvalue weighted by Gasteiger charge is 2.31. The number of alkyl halides is 1. The molecule has 31 heavy (non-hydrogen) atoms. The molecule has 3 rings (SSSR count). The molecule has 0 aliphatic heterocycles. The molecule has 3 aliphatic carbocycles. The first-order valence-electron chi connectivity index (χ1n) is 14.2. The minimum atomic E-state index is -0.521. The van der Waals surface area contributed by atoms with Gasteiger partial charge in [-0.25, -0.2) is 4.39 Å². The van der Waals surface area contributed by atoms with E-state index in [0.29, 0.717) is 11.8 Å². The zero-order chi connectivity index (χ0) is 21.9. The average Bonchev–Trinajstić information content (AvgIpc) is 2.80. The Kier molecular flexibility index (Phi) is 11.2. The zero-order valence-electron chi connectivity index (χ0n) is 20.5. The second-order valence-electron chi connectivity index (χ2n) is 11.7. The predicted octanol–water partition coefficient (Wildman–Crippen LogP) is 9.41. The average molecular weight is 432 g/mol. The molecular weight excluding hydrogens is 381 g/mol. The molecule has 3 fully saturated rings. The maximum atomic E-state index is 15.0. The molecule has 0 aromatic carbocycles. The number of hydrogen-bond acceptors (Lipinski definition) is 1. The minimum Gasteiger partial charge on any atom is -0.247 e. The van der Waals surface area contributed by atoms with Crippen molar-refractivity contribution in [2.24, 2.45) is 35.5 Å². The lowest BCUT2D eigenvalue weighted by Crippen LogP contribution is -2.26. The van der Waals surface area contributed by atoms with Crippen LogP contribution >= 0.6 is 0 Å². The molecular formula is C29H50FN. The Morgan fingerprint density at radius 2 is 1.13 bits per heavy atom. The van der Waals surface area contributed by atoms with Gasteiger partial charge in [0, 0.05) is 6.42 Å². The van der Waals surface area contributed by atoms with Crippen molar-refractivity contribution >= 4 is 0 Å². The Labute approximate surface area is 192 Å². The number of nitriles is 1. The Bertz CT molecular complexity index is 501. The third kappa shape index (κ3) is 8.70. The van der Waals surface area contributed by atoms with Crippen LogP contribution in [0.4, 0.5) is 4.39 Å². The van der Waals surface area contributed by atoms with Gasteiger partial charge in [0.05, 0.1) is 6.07 Å². The number of unbranched alkanes of at least 4 members (excludes halogenated alkanes) is 1. The summed E-state index contributed by atoms with van der Waals surface area (Å²) in [6.45, 7) is 2.28. The maximum absolute atomic E-state index is 15.0. The van der Waals surface area contributed by atoms with Crippen molar-refractivity contribution in [3.63, 3.8) is 0 Å². The van der Waals surface area contributed by atoms with Crippen LogP contribution in [0.3, 0.4) is 0 Å². The van der Waals surface area contributed by atoms with Crippen LogP contribution in [0.5, 0.6) is 0 Å². The summed E-state index contributed by atoms with van der Waals surface area (Å²) >= 11 is 0. The molecule has 0 bridgehead atoms. The van der Waals surface area contributed by atoms with E-state index in [-0.39, 0.29) is 0 Å². The maximum Gasteiger partial charge on any atom is 0.103 e. The van der Waals surface area contributed by atoms with E-state index in [1.165, 1.54) is 96.3 Å². The molecule has 0 heterocycles. The van der Waals surface area contributed by atoms with Crippen molar-refractivity contribution in [3.05, 3.63) is 0 Å². The van der Waals surface area contributed by atoms with Crippen LogP contribution < -0.4 is 0 Å². The van der Waals surface area contributed by atoms with Crippen LogP contribution in [-0.2, 0) is 0 Å².